The average molecular weight is 609 g/mol. The Hall–Kier alpha value is -0.160. The molecule has 4 N–H and O–H groups in total. The van der Waals surface area contributed by atoms with Gasteiger partial charge in [-0.25, -0.2) is 0 Å². The molecule has 0 bridgehead atoms. The molecule has 3 spiro atoms. The monoisotopic (exact) mass is 609 g/mol. The molecule has 0 amide bonds. The van der Waals surface area contributed by atoms with E-state index < -0.39 is 0 Å². The van der Waals surface area contributed by atoms with E-state index in [0.717, 1.165) is 23.7 Å². The summed E-state index contributed by atoms with van der Waals surface area (Å²) in [6.45, 7) is 26.8. The molecule has 2 atom stereocenters. The third kappa shape index (κ3) is 5.20. The molecule has 2 unspecified atom stereocenters. The SMILES string of the molecule is CC(C)(CCC(C)(C1CC2(CCNC2)C1)C(C)(C1CC2(CCNCC2)C1)C(C)(C)C1CC2(CCCNC2)C1)C1CCNCC1. The van der Waals surface area contributed by atoms with Gasteiger partial charge in [0.05, 0.1) is 0 Å². The molecule has 0 aromatic carbocycles. The Bertz CT molecular complexity index is 984. The van der Waals surface area contributed by atoms with Crippen LogP contribution in [0.2, 0.25) is 0 Å². The molecule has 4 saturated heterocycles. The number of piperidine rings is 3. The molecule has 4 aliphatic heterocycles. The van der Waals surface area contributed by atoms with Gasteiger partial charge in [0.1, 0.15) is 0 Å². The lowest BCUT2D eigenvalue weighted by Crippen LogP contribution is -2.67. The van der Waals surface area contributed by atoms with Gasteiger partial charge in [0, 0.05) is 13.1 Å². The van der Waals surface area contributed by atoms with E-state index >= 15 is 0 Å². The Morgan fingerprint density at radius 2 is 1.02 bits per heavy atom. The van der Waals surface area contributed by atoms with Crippen molar-refractivity contribution in [3.05, 3.63) is 0 Å². The molecule has 252 valence electrons. The van der Waals surface area contributed by atoms with Gasteiger partial charge in [-0.2, -0.15) is 0 Å². The van der Waals surface area contributed by atoms with Crippen LogP contribution in [0.1, 0.15) is 138 Å². The lowest BCUT2D eigenvalue weighted by atomic mass is 9.32. The fourth-order valence-corrected chi connectivity index (χ4v) is 13.6. The maximum absolute atomic E-state index is 3.82. The van der Waals surface area contributed by atoms with Gasteiger partial charge < -0.3 is 21.3 Å². The van der Waals surface area contributed by atoms with Crippen LogP contribution in [0, 0.1) is 61.6 Å². The van der Waals surface area contributed by atoms with E-state index in [1.807, 2.05) is 0 Å². The second kappa shape index (κ2) is 11.5. The maximum Gasteiger partial charge on any atom is 0.000850 e. The lowest BCUT2D eigenvalue weighted by molar-refractivity contribution is -0.241. The molecular weight excluding hydrogens is 536 g/mol. The fraction of sp³-hybridized carbons (Fsp3) is 1.00. The van der Waals surface area contributed by atoms with Crippen molar-refractivity contribution >= 4 is 0 Å². The van der Waals surface area contributed by atoms with Gasteiger partial charge in [0.25, 0.3) is 0 Å². The normalized spacial score (nSPS) is 35.0. The third-order valence-electron chi connectivity index (χ3n) is 17.6. The van der Waals surface area contributed by atoms with E-state index in [0.29, 0.717) is 37.9 Å². The van der Waals surface area contributed by atoms with Gasteiger partial charge in [0.2, 0.25) is 0 Å². The third-order valence-corrected chi connectivity index (χ3v) is 17.6. The van der Waals surface area contributed by atoms with E-state index in [-0.39, 0.29) is 0 Å². The van der Waals surface area contributed by atoms with Gasteiger partial charge >= 0.3 is 0 Å². The number of nitrogens with one attached hydrogen (secondary N) is 4. The molecule has 7 fully saturated rings. The summed E-state index contributed by atoms with van der Waals surface area (Å²) in [4.78, 5) is 0. The van der Waals surface area contributed by atoms with Crippen molar-refractivity contribution < 1.29 is 0 Å². The van der Waals surface area contributed by atoms with Gasteiger partial charge in [0.15, 0.2) is 0 Å². The van der Waals surface area contributed by atoms with E-state index in [4.69, 9.17) is 0 Å². The minimum Gasteiger partial charge on any atom is -0.317 e. The highest BCUT2D eigenvalue weighted by molar-refractivity contribution is 5.19. The fourth-order valence-electron chi connectivity index (χ4n) is 13.6. The largest absolute Gasteiger partial charge is 0.317 e. The Morgan fingerprint density at radius 3 is 1.64 bits per heavy atom. The maximum atomic E-state index is 3.82. The van der Waals surface area contributed by atoms with E-state index in [2.05, 4.69) is 62.8 Å². The van der Waals surface area contributed by atoms with Gasteiger partial charge in [-0.3, -0.25) is 0 Å². The van der Waals surface area contributed by atoms with Crippen molar-refractivity contribution in [3.8, 4) is 0 Å². The number of hydrogen-bond donors (Lipinski definition) is 4. The van der Waals surface area contributed by atoms with E-state index in [1.54, 1.807) is 0 Å². The highest BCUT2D eigenvalue weighted by atomic mass is 14.9. The summed E-state index contributed by atoms with van der Waals surface area (Å²) < 4.78 is 0. The Kier molecular flexibility index (Phi) is 8.45. The topological polar surface area (TPSA) is 48.1 Å². The first-order chi connectivity index (χ1) is 20.9. The predicted octanol–water partition coefficient (Wildman–Crippen LogP) is 7.78. The first-order valence-electron chi connectivity index (χ1n) is 19.7. The van der Waals surface area contributed by atoms with Crippen LogP contribution < -0.4 is 21.3 Å². The summed E-state index contributed by atoms with van der Waals surface area (Å²) >= 11 is 0. The van der Waals surface area contributed by atoms with Crippen LogP contribution in [0.3, 0.4) is 0 Å². The summed E-state index contributed by atoms with van der Waals surface area (Å²) in [5.41, 5.74) is 3.47. The van der Waals surface area contributed by atoms with Gasteiger partial charge in [-0.15, -0.1) is 0 Å². The first kappa shape index (κ1) is 32.4. The zero-order valence-electron chi connectivity index (χ0n) is 30.1. The molecule has 4 heteroatoms. The van der Waals surface area contributed by atoms with Crippen molar-refractivity contribution in [2.75, 3.05) is 52.4 Å². The first-order valence-corrected chi connectivity index (χ1v) is 19.7. The number of hydrogen-bond acceptors (Lipinski definition) is 4. The molecule has 7 aliphatic rings. The highest BCUT2D eigenvalue weighted by Crippen LogP contribution is 2.76. The van der Waals surface area contributed by atoms with Crippen molar-refractivity contribution in [2.45, 2.75) is 138 Å². The van der Waals surface area contributed by atoms with Crippen LogP contribution >= 0.6 is 0 Å². The molecule has 7 rings (SSSR count). The van der Waals surface area contributed by atoms with Crippen LogP contribution in [0.5, 0.6) is 0 Å². The molecule has 4 heterocycles. The average Bonchev–Trinajstić information content (AvgIpc) is 3.48. The summed E-state index contributed by atoms with van der Waals surface area (Å²) in [7, 11) is 0. The lowest BCUT2D eigenvalue weighted by Gasteiger charge is -2.73. The van der Waals surface area contributed by atoms with E-state index in [1.165, 1.54) is 149 Å². The van der Waals surface area contributed by atoms with E-state index in [9.17, 15) is 0 Å². The summed E-state index contributed by atoms with van der Waals surface area (Å²) in [5, 5.41) is 15.0. The smallest absolute Gasteiger partial charge is 0.000850 e. The Balaban J connectivity index is 1.21. The van der Waals surface area contributed by atoms with Crippen molar-refractivity contribution in [3.63, 3.8) is 0 Å². The molecule has 44 heavy (non-hydrogen) atoms. The quantitative estimate of drug-likeness (QED) is 0.216. The van der Waals surface area contributed by atoms with Crippen LogP contribution in [-0.4, -0.2) is 52.4 Å². The Morgan fingerprint density at radius 1 is 0.500 bits per heavy atom. The Labute approximate surface area is 272 Å². The summed E-state index contributed by atoms with van der Waals surface area (Å²) in [6, 6.07) is 0. The minimum atomic E-state index is 0.374. The van der Waals surface area contributed by atoms with Crippen molar-refractivity contribution in [2.24, 2.45) is 61.6 Å². The second-order valence-electron chi connectivity index (χ2n) is 20.1. The molecule has 3 aliphatic carbocycles. The van der Waals surface area contributed by atoms with Gasteiger partial charge in [-0.1, -0.05) is 41.5 Å². The van der Waals surface area contributed by atoms with Crippen LogP contribution in [0.15, 0.2) is 0 Å². The summed E-state index contributed by atoms with van der Waals surface area (Å²) in [5.74, 6) is 3.55. The summed E-state index contributed by atoms with van der Waals surface area (Å²) in [6.07, 6.45) is 21.8. The molecule has 0 aromatic rings. The zero-order chi connectivity index (χ0) is 30.9. The molecule has 0 radical (unpaired) electrons. The van der Waals surface area contributed by atoms with Crippen LogP contribution in [0.4, 0.5) is 0 Å². The van der Waals surface area contributed by atoms with Crippen molar-refractivity contribution in [1.29, 1.82) is 0 Å². The molecule has 4 nitrogen and oxygen atoms in total. The highest BCUT2D eigenvalue weighted by Gasteiger charge is 2.69. The molecule has 3 saturated carbocycles. The van der Waals surface area contributed by atoms with Crippen molar-refractivity contribution in [1.82, 2.24) is 21.3 Å². The molecular formula is C40H72N4. The minimum absolute atomic E-state index is 0.374. The molecule has 0 aromatic heterocycles. The second-order valence-corrected chi connectivity index (χ2v) is 20.1. The van der Waals surface area contributed by atoms with Gasteiger partial charge in [-0.05, 0) is 197 Å². The number of rotatable bonds is 9. The standard InChI is InChI=1S/C40H72N4/c1-34(2,30-8-17-41-18-9-30)11-12-36(5,32-24-40(25-32)15-21-44-29-40)37(6,33-26-38(27-33)13-19-42-20-14-38)35(3,4)31-22-39(23-31)10-7-16-43-28-39/h30-33,41-44H,7-29H2,1-6H3. The predicted molar refractivity (Wildman–Crippen MR) is 186 cm³/mol. The van der Waals surface area contributed by atoms with Crippen LogP contribution in [0.25, 0.3) is 0 Å². The van der Waals surface area contributed by atoms with Crippen LogP contribution in [-0.2, 0) is 0 Å². The zero-order valence-corrected chi connectivity index (χ0v) is 30.1.